The van der Waals surface area contributed by atoms with Crippen LogP contribution in [-0.4, -0.2) is 43.8 Å². The molecule has 0 radical (unpaired) electrons. The lowest BCUT2D eigenvalue weighted by Crippen LogP contribution is -2.23. The average Bonchev–Trinajstić information content (AvgIpc) is 2.89. The topological polar surface area (TPSA) is 108 Å². The number of ketones is 2. The zero-order chi connectivity index (χ0) is 25.8. The molecule has 3 aromatic carbocycles. The summed E-state index contributed by atoms with van der Waals surface area (Å²) in [5.74, 6) is -0.639. The maximum Gasteiger partial charge on any atom is 0.338 e. The van der Waals surface area contributed by atoms with Crippen molar-refractivity contribution < 1.29 is 33.4 Å². The molecule has 0 atom stereocenters. The highest BCUT2D eigenvalue weighted by Crippen LogP contribution is 2.30. The van der Waals surface area contributed by atoms with Crippen LogP contribution in [0.25, 0.3) is 0 Å². The van der Waals surface area contributed by atoms with Gasteiger partial charge in [0.05, 0.1) is 19.3 Å². The number of hydrogen-bond acceptors (Lipinski definition) is 7. The Bertz CT molecular complexity index is 1360. The van der Waals surface area contributed by atoms with E-state index in [0.29, 0.717) is 40.8 Å². The Hall–Kier alpha value is -4.46. The summed E-state index contributed by atoms with van der Waals surface area (Å²) in [6, 6.07) is 15.7. The molecule has 0 spiro atoms. The Morgan fingerprint density at radius 1 is 0.833 bits per heavy atom. The van der Waals surface area contributed by atoms with Crippen LogP contribution < -0.4 is 14.8 Å². The number of esters is 1. The van der Waals surface area contributed by atoms with Crippen molar-refractivity contribution in [1.82, 2.24) is 0 Å². The zero-order valence-electron chi connectivity index (χ0n) is 20.1. The maximum atomic E-state index is 12.9. The summed E-state index contributed by atoms with van der Waals surface area (Å²) in [5, 5.41) is 2.59. The predicted molar refractivity (Wildman–Crippen MR) is 132 cm³/mol. The van der Waals surface area contributed by atoms with Crippen LogP contribution in [0, 0.1) is 5.92 Å². The molecule has 4 rings (SSSR count). The first kappa shape index (κ1) is 24.7. The van der Waals surface area contributed by atoms with Gasteiger partial charge in [-0.15, -0.1) is 0 Å². The molecule has 1 aliphatic rings. The van der Waals surface area contributed by atoms with Gasteiger partial charge in [-0.05, 0) is 42.3 Å². The molecule has 0 unspecified atom stereocenters. The van der Waals surface area contributed by atoms with Gasteiger partial charge in [0.15, 0.2) is 29.7 Å². The van der Waals surface area contributed by atoms with E-state index >= 15 is 0 Å². The molecule has 0 saturated heterocycles. The monoisotopic (exact) mass is 487 g/mol. The Kier molecular flexibility index (Phi) is 7.15. The quantitative estimate of drug-likeness (QED) is 0.369. The smallest absolute Gasteiger partial charge is 0.338 e. The maximum absolute atomic E-state index is 12.9. The van der Waals surface area contributed by atoms with Gasteiger partial charge in [-0.1, -0.05) is 38.1 Å². The second-order valence-electron chi connectivity index (χ2n) is 8.66. The van der Waals surface area contributed by atoms with Crippen LogP contribution in [0.4, 0.5) is 5.69 Å². The van der Waals surface area contributed by atoms with E-state index in [-0.39, 0.29) is 28.3 Å². The number of benzene rings is 3. The minimum Gasteiger partial charge on any atom is -0.493 e. The number of fused-ring (bicyclic) bond motifs is 2. The van der Waals surface area contributed by atoms with E-state index in [9.17, 15) is 19.2 Å². The first-order valence-corrected chi connectivity index (χ1v) is 11.4. The standard InChI is InChI=1S/C28H25NO7/c1-16(2)14-35-23-11-8-17(12-24(23)34-3)28(33)36-15-25(30)29-18-9-10-21-22(13-18)27(32)20-7-5-4-6-19(20)26(21)31/h4-13,16H,14-15H2,1-3H3,(H,29,30). The number of hydrogen-bond donors (Lipinski definition) is 1. The minimum atomic E-state index is -0.707. The lowest BCUT2D eigenvalue weighted by atomic mass is 9.84. The Morgan fingerprint density at radius 3 is 2.17 bits per heavy atom. The van der Waals surface area contributed by atoms with E-state index in [4.69, 9.17) is 14.2 Å². The number of rotatable bonds is 8. The number of nitrogens with one attached hydrogen (secondary N) is 1. The fraction of sp³-hybridized carbons (Fsp3) is 0.214. The van der Waals surface area contributed by atoms with Crippen molar-refractivity contribution in [2.45, 2.75) is 13.8 Å². The van der Waals surface area contributed by atoms with Crippen molar-refractivity contribution in [3.05, 3.63) is 88.5 Å². The summed E-state index contributed by atoms with van der Waals surface area (Å²) < 4.78 is 16.1. The highest BCUT2D eigenvalue weighted by Gasteiger charge is 2.29. The van der Waals surface area contributed by atoms with E-state index in [1.165, 1.54) is 37.4 Å². The van der Waals surface area contributed by atoms with Gasteiger partial charge in [0.25, 0.3) is 5.91 Å². The lowest BCUT2D eigenvalue weighted by molar-refractivity contribution is -0.119. The van der Waals surface area contributed by atoms with Gasteiger partial charge in [-0.25, -0.2) is 4.79 Å². The van der Waals surface area contributed by atoms with Crippen molar-refractivity contribution >= 4 is 29.1 Å². The van der Waals surface area contributed by atoms with Gasteiger partial charge >= 0.3 is 5.97 Å². The Labute approximate surface area is 208 Å². The van der Waals surface area contributed by atoms with Gasteiger partial charge in [0.2, 0.25) is 0 Å². The van der Waals surface area contributed by atoms with Crippen LogP contribution in [-0.2, 0) is 9.53 Å². The molecule has 8 nitrogen and oxygen atoms in total. The third kappa shape index (κ3) is 5.12. The van der Waals surface area contributed by atoms with Crippen LogP contribution in [0.3, 0.4) is 0 Å². The SMILES string of the molecule is COc1cc(C(=O)OCC(=O)Nc2ccc3c(c2)C(=O)c2ccccc2C3=O)ccc1OCC(C)C. The lowest BCUT2D eigenvalue weighted by Gasteiger charge is -2.18. The van der Waals surface area contributed by atoms with Gasteiger partial charge in [-0.2, -0.15) is 0 Å². The van der Waals surface area contributed by atoms with Crippen molar-refractivity contribution in [1.29, 1.82) is 0 Å². The predicted octanol–water partition coefficient (Wildman–Crippen LogP) is 4.30. The third-order valence-corrected chi connectivity index (χ3v) is 5.51. The molecule has 0 heterocycles. The summed E-state index contributed by atoms with van der Waals surface area (Å²) in [4.78, 5) is 50.4. The number of amides is 1. The fourth-order valence-corrected chi connectivity index (χ4v) is 3.76. The van der Waals surface area contributed by atoms with Crippen LogP contribution in [0.2, 0.25) is 0 Å². The molecular weight excluding hydrogens is 462 g/mol. The molecule has 0 aliphatic heterocycles. The average molecular weight is 488 g/mol. The van der Waals surface area contributed by atoms with E-state index in [1.807, 2.05) is 13.8 Å². The Morgan fingerprint density at radius 2 is 1.50 bits per heavy atom. The molecule has 0 fully saturated rings. The summed E-state index contributed by atoms with van der Waals surface area (Å²) in [6.07, 6.45) is 0. The molecule has 8 heteroatoms. The van der Waals surface area contributed by atoms with Gasteiger partial charge in [0.1, 0.15) is 0 Å². The number of ether oxygens (including phenoxy) is 3. The van der Waals surface area contributed by atoms with E-state index in [0.717, 1.165) is 0 Å². The van der Waals surface area contributed by atoms with Crippen molar-refractivity contribution in [2.24, 2.45) is 5.92 Å². The normalized spacial score (nSPS) is 12.0. The van der Waals surface area contributed by atoms with E-state index < -0.39 is 18.5 Å². The highest BCUT2D eigenvalue weighted by atomic mass is 16.5. The van der Waals surface area contributed by atoms with Crippen LogP contribution in [0.15, 0.2) is 60.7 Å². The van der Waals surface area contributed by atoms with Gasteiger partial charge in [-0.3, -0.25) is 14.4 Å². The molecule has 1 amide bonds. The largest absolute Gasteiger partial charge is 0.493 e. The van der Waals surface area contributed by atoms with Crippen molar-refractivity contribution in [2.75, 3.05) is 25.6 Å². The number of methoxy groups -OCH3 is 1. The van der Waals surface area contributed by atoms with Crippen molar-refractivity contribution in [3.8, 4) is 11.5 Å². The van der Waals surface area contributed by atoms with Crippen LogP contribution in [0.5, 0.6) is 11.5 Å². The third-order valence-electron chi connectivity index (χ3n) is 5.51. The Balaban J connectivity index is 1.39. The summed E-state index contributed by atoms with van der Waals surface area (Å²) in [5.41, 5.74) is 1.67. The van der Waals surface area contributed by atoms with Gasteiger partial charge < -0.3 is 19.5 Å². The first-order chi connectivity index (χ1) is 17.3. The first-order valence-electron chi connectivity index (χ1n) is 11.4. The molecule has 1 N–H and O–H groups in total. The molecular formula is C28H25NO7. The number of carbonyl (C=O) groups is 4. The molecule has 0 aromatic heterocycles. The molecule has 36 heavy (non-hydrogen) atoms. The molecule has 3 aromatic rings. The molecule has 184 valence electrons. The second kappa shape index (κ2) is 10.4. The molecule has 0 bridgehead atoms. The molecule has 0 saturated carbocycles. The van der Waals surface area contributed by atoms with Gasteiger partial charge in [0, 0.05) is 27.9 Å². The highest BCUT2D eigenvalue weighted by molar-refractivity contribution is 6.28. The zero-order valence-corrected chi connectivity index (χ0v) is 20.1. The van der Waals surface area contributed by atoms with Crippen LogP contribution >= 0.6 is 0 Å². The van der Waals surface area contributed by atoms with E-state index in [1.54, 1.807) is 30.3 Å². The fourth-order valence-electron chi connectivity index (χ4n) is 3.76. The number of anilines is 1. The summed E-state index contributed by atoms with van der Waals surface area (Å²) in [6.45, 7) is 3.99. The summed E-state index contributed by atoms with van der Waals surface area (Å²) >= 11 is 0. The second-order valence-corrected chi connectivity index (χ2v) is 8.66. The van der Waals surface area contributed by atoms with Crippen LogP contribution in [0.1, 0.15) is 56.0 Å². The van der Waals surface area contributed by atoms with E-state index in [2.05, 4.69) is 5.32 Å². The number of carbonyl (C=O) groups excluding carboxylic acids is 4. The summed E-state index contributed by atoms with van der Waals surface area (Å²) in [7, 11) is 1.47. The molecule has 1 aliphatic carbocycles. The minimum absolute atomic E-state index is 0.202. The van der Waals surface area contributed by atoms with Crippen molar-refractivity contribution in [3.63, 3.8) is 0 Å².